The van der Waals surface area contributed by atoms with Gasteiger partial charge in [0.2, 0.25) is 0 Å². The van der Waals surface area contributed by atoms with Crippen LogP contribution < -0.4 is 15.4 Å². The van der Waals surface area contributed by atoms with E-state index in [0.29, 0.717) is 6.04 Å². The molecule has 0 radical (unpaired) electrons. The molecule has 1 atom stereocenters. The SMILES string of the molecule is CN=C(NCCc1ccccc1OC)NC(C)Cc1ccc(C)s1.I. The van der Waals surface area contributed by atoms with Crippen LogP contribution in [0.2, 0.25) is 0 Å². The quantitative estimate of drug-likeness (QED) is 0.363. The van der Waals surface area contributed by atoms with Crippen molar-refractivity contribution >= 4 is 41.3 Å². The van der Waals surface area contributed by atoms with E-state index >= 15 is 0 Å². The molecule has 0 aliphatic rings. The predicted octanol–water partition coefficient (Wildman–Crippen LogP) is 4.02. The highest BCUT2D eigenvalue weighted by Gasteiger charge is 2.08. The van der Waals surface area contributed by atoms with Crippen molar-refractivity contribution in [2.24, 2.45) is 4.99 Å². The maximum atomic E-state index is 5.39. The van der Waals surface area contributed by atoms with Crippen LogP contribution in [-0.2, 0) is 12.8 Å². The molecule has 0 spiro atoms. The Morgan fingerprint density at radius 2 is 2.00 bits per heavy atom. The summed E-state index contributed by atoms with van der Waals surface area (Å²) in [4.78, 5) is 7.07. The minimum atomic E-state index is 0. The van der Waals surface area contributed by atoms with Crippen molar-refractivity contribution in [3.8, 4) is 5.75 Å². The summed E-state index contributed by atoms with van der Waals surface area (Å²) in [6.07, 6.45) is 1.90. The van der Waals surface area contributed by atoms with Crippen LogP contribution in [0, 0.1) is 6.92 Å². The second-order valence-corrected chi connectivity index (χ2v) is 7.20. The number of benzene rings is 1. The van der Waals surface area contributed by atoms with Gasteiger partial charge in [0, 0.05) is 35.8 Å². The summed E-state index contributed by atoms with van der Waals surface area (Å²) >= 11 is 1.86. The highest BCUT2D eigenvalue weighted by molar-refractivity contribution is 14.0. The zero-order chi connectivity index (χ0) is 17.4. The summed E-state index contributed by atoms with van der Waals surface area (Å²) < 4.78 is 5.39. The molecule has 1 unspecified atom stereocenters. The van der Waals surface area contributed by atoms with Gasteiger partial charge in [0.1, 0.15) is 5.75 Å². The number of nitrogens with zero attached hydrogens (tertiary/aromatic N) is 1. The summed E-state index contributed by atoms with van der Waals surface area (Å²) in [6, 6.07) is 12.8. The van der Waals surface area contributed by atoms with Crippen LogP contribution in [0.1, 0.15) is 22.2 Å². The van der Waals surface area contributed by atoms with Crippen LogP contribution >= 0.6 is 35.3 Å². The molecule has 2 N–H and O–H groups in total. The minimum Gasteiger partial charge on any atom is -0.496 e. The summed E-state index contributed by atoms with van der Waals surface area (Å²) in [7, 11) is 3.52. The van der Waals surface area contributed by atoms with Gasteiger partial charge in [-0.3, -0.25) is 4.99 Å². The van der Waals surface area contributed by atoms with Crippen LogP contribution in [0.15, 0.2) is 41.4 Å². The number of rotatable bonds is 7. The van der Waals surface area contributed by atoms with E-state index in [0.717, 1.165) is 31.1 Å². The van der Waals surface area contributed by atoms with Gasteiger partial charge in [-0.2, -0.15) is 0 Å². The number of hydrogen-bond acceptors (Lipinski definition) is 3. The minimum absolute atomic E-state index is 0. The smallest absolute Gasteiger partial charge is 0.191 e. The third-order valence-electron chi connectivity index (χ3n) is 3.79. The predicted molar refractivity (Wildman–Crippen MR) is 119 cm³/mol. The molecule has 1 aromatic heterocycles. The van der Waals surface area contributed by atoms with Crippen molar-refractivity contribution in [2.75, 3.05) is 20.7 Å². The van der Waals surface area contributed by atoms with E-state index in [9.17, 15) is 0 Å². The maximum Gasteiger partial charge on any atom is 0.191 e. The van der Waals surface area contributed by atoms with Gasteiger partial charge in [0.15, 0.2) is 5.96 Å². The van der Waals surface area contributed by atoms with E-state index in [1.165, 1.54) is 15.3 Å². The van der Waals surface area contributed by atoms with Crippen molar-refractivity contribution in [3.63, 3.8) is 0 Å². The molecule has 1 aromatic carbocycles. The lowest BCUT2D eigenvalue weighted by Crippen LogP contribution is -2.43. The molecule has 0 saturated carbocycles. The van der Waals surface area contributed by atoms with E-state index in [1.807, 2.05) is 29.5 Å². The van der Waals surface area contributed by atoms with Crippen molar-refractivity contribution < 1.29 is 4.74 Å². The van der Waals surface area contributed by atoms with Gasteiger partial charge in [-0.1, -0.05) is 18.2 Å². The molecule has 0 aliphatic carbocycles. The van der Waals surface area contributed by atoms with E-state index in [4.69, 9.17) is 4.74 Å². The Balaban J connectivity index is 0.00000312. The number of aryl methyl sites for hydroxylation is 1. The summed E-state index contributed by atoms with van der Waals surface area (Å²) in [5.74, 6) is 1.77. The van der Waals surface area contributed by atoms with Gasteiger partial charge in [0.25, 0.3) is 0 Å². The van der Waals surface area contributed by atoms with E-state index in [-0.39, 0.29) is 24.0 Å². The molecule has 2 rings (SSSR count). The van der Waals surface area contributed by atoms with Crippen molar-refractivity contribution in [3.05, 3.63) is 51.7 Å². The molecule has 0 bridgehead atoms. The van der Waals surface area contributed by atoms with Crippen LogP contribution in [0.4, 0.5) is 0 Å². The summed E-state index contributed by atoms with van der Waals surface area (Å²) in [5, 5.41) is 6.83. The van der Waals surface area contributed by atoms with Gasteiger partial charge >= 0.3 is 0 Å². The Labute approximate surface area is 172 Å². The van der Waals surface area contributed by atoms with Gasteiger partial charge in [-0.15, -0.1) is 35.3 Å². The largest absolute Gasteiger partial charge is 0.496 e. The van der Waals surface area contributed by atoms with Gasteiger partial charge < -0.3 is 15.4 Å². The number of guanidine groups is 1. The molecular formula is C19H28IN3OS. The molecule has 0 fully saturated rings. The first-order valence-electron chi connectivity index (χ1n) is 8.26. The first-order chi connectivity index (χ1) is 11.6. The second-order valence-electron chi connectivity index (χ2n) is 5.82. The van der Waals surface area contributed by atoms with Crippen molar-refractivity contribution in [1.29, 1.82) is 0 Å². The second kappa shape index (κ2) is 11.4. The standard InChI is InChI=1S/C19H27N3OS.HI/c1-14(13-17-10-9-15(2)24-17)22-19(20-3)21-12-11-16-7-5-6-8-18(16)23-4;/h5-10,14H,11-13H2,1-4H3,(H2,20,21,22);1H. The lowest BCUT2D eigenvalue weighted by molar-refractivity contribution is 0.409. The van der Waals surface area contributed by atoms with Crippen LogP contribution in [0.25, 0.3) is 0 Å². The highest BCUT2D eigenvalue weighted by Crippen LogP contribution is 2.17. The Morgan fingerprint density at radius 1 is 1.24 bits per heavy atom. The first-order valence-corrected chi connectivity index (χ1v) is 9.08. The van der Waals surface area contributed by atoms with E-state index < -0.39 is 0 Å². The van der Waals surface area contributed by atoms with Gasteiger partial charge in [-0.25, -0.2) is 0 Å². The van der Waals surface area contributed by atoms with Crippen molar-refractivity contribution in [1.82, 2.24) is 10.6 Å². The summed E-state index contributed by atoms with van der Waals surface area (Å²) in [6.45, 7) is 5.14. The highest BCUT2D eigenvalue weighted by atomic mass is 127. The number of para-hydroxylation sites is 1. The normalized spacial score (nSPS) is 12.2. The number of halogens is 1. The number of hydrogen-bond donors (Lipinski definition) is 2. The van der Waals surface area contributed by atoms with Crippen LogP contribution in [0.5, 0.6) is 5.75 Å². The summed E-state index contributed by atoms with van der Waals surface area (Å²) in [5.41, 5.74) is 1.20. The number of ether oxygens (including phenoxy) is 1. The lowest BCUT2D eigenvalue weighted by atomic mass is 10.1. The van der Waals surface area contributed by atoms with Gasteiger partial charge in [0.05, 0.1) is 7.11 Å². The monoisotopic (exact) mass is 473 g/mol. The topological polar surface area (TPSA) is 45.7 Å². The number of methoxy groups -OCH3 is 1. The lowest BCUT2D eigenvalue weighted by Gasteiger charge is -2.17. The fourth-order valence-corrected chi connectivity index (χ4v) is 3.62. The fraction of sp³-hybridized carbons (Fsp3) is 0.421. The Hall–Kier alpha value is -1.28. The van der Waals surface area contributed by atoms with Crippen LogP contribution in [-0.4, -0.2) is 32.7 Å². The third-order valence-corrected chi connectivity index (χ3v) is 4.81. The van der Waals surface area contributed by atoms with Crippen LogP contribution in [0.3, 0.4) is 0 Å². The first kappa shape index (κ1) is 21.8. The third kappa shape index (κ3) is 7.23. The maximum absolute atomic E-state index is 5.39. The number of nitrogens with one attached hydrogen (secondary N) is 2. The fourth-order valence-electron chi connectivity index (χ4n) is 2.60. The number of thiophene rings is 1. The van der Waals surface area contributed by atoms with E-state index in [1.54, 1.807) is 14.2 Å². The Morgan fingerprint density at radius 3 is 2.64 bits per heavy atom. The molecule has 138 valence electrons. The van der Waals surface area contributed by atoms with Gasteiger partial charge in [-0.05, 0) is 44.0 Å². The molecule has 0 amide bonds. The molecule has 0 saturated heterocycles. The Kier molecular flexibility index (Phi) is 9.89. The zero-order valence-electron chi connectivity index (χ0n) is 15.3. The molecule has 2 aromatic rings. The molecular weight excluding hydrogens is 445 g/mol. The van der Waals surface area contributed by atoms with E-state index in [2.05, 4.69) is 47.7 Å². The molecule has 1 heterocycles. The number of aliphatic imine (C=N–C) groups is 1. The molecule has 6 heteroatoms. The molecule has 0 aliphatic heterocycles. The molecule has 4 nitrogen and oxygen atoms in total. The zero-order valence-corrected chi connectivity index (χ0v) is 18.5. The average molecular weight is 473 g/mol. The Bertz CT molecular complexity index is 672. The average Bonchev–Trinajstić information content (AvgIpc) is 2.99. The van der Waals surface area contributed by atoms with Crippen molar-refractivity contribution in [2.45, 2.75) is 32.7 Å². The molecule has 25 heavy (non-hydrogen) atoms.